The molecule has 3 N–H and O–H groups in total. The number of carbonyl (C=O) groups is 1. The van der Waals surface area contributed by atoms with Crippen LogP contribution in [0.2, 0.25) is 0 Å². The number of benzene rings is 3. The molecule has 1 saturated carbocycles. The van der Waals surface area contributed by atoms with Crippen LogP contribution in [0.1, 0.15) is 89.8 Å². The van der Waals surface area contributed by atoms with Crippen molar-refractivity contribution in [1.82, 2.24) is 15.6 Å². The zero-order valence-electron chi connectivity index (χ0n) is 26.7. The summed E-state index contributed by atoms with van der Waals surface area (Å²) in [5.74, 6) is -0.438. The molecule has 0 radical (unpaired) electrons. The first kappa shape index (κ1) is 33.8. The van der Waals surface area contributed by atoms with E-state index < -0.39 is 26.5 Å². The third-order valence-electron chi connectivity index (χ3n) is 9.44. The number of nitrogens with one attached hydrogen (secondary N) is 3. The standard InChI is InChI=1S/C37H40F3N3O4S/c38-37(39,40)28-14-17-33(47-25-27-10-6-5-7-11-27)34(22-28)48(45,46)29-15-12-26(13-16-29)24-41-35(44)32-23-30-31(43-32)18-21-42-36(30)19-8-3-1-2-4-9-20-36/h5-7,10-17,22-23,42-43H,1-4,8-9,18-21,24-25H2,(H,41,44). The fourth-order valence-electron chi connectivity index (χ4n) is 6.84. The molecule has 6 rings (SSSR count). The number of carbonyl (C=O) groups excluding carboxylic acids is 1. The zero-order valence-corrected chi connectivity index (χ0v) is 27.5. The summed E-state index contributed by atoms with van der Waals surface area (Å²) in [6, 6.07) is 19.1. The van der Waals surface area contributed by atoms with Crippen molar-refractivity contribution >= 4 is 15.7 Å². The van der Waals surface area contributed by atoms with Gasteiger partial charge in [-0.3, -0.25) is 4.79 Å². The lowest BCUT2D eigenvalue weighted by Gasteiger charge is -2.39. The van der Waals surface area contributed by atoms with Crippen molar-refractivity contribution in [2.75, 3.05) is 6.54 Å². The molecule has 0 unspecified atom stereocenters. The Kier molecular flexibility index (Phi) is 9.98. The number of sulfone groups is 1. The van der Waals surface area contributed by atoms with Crippen LogP contribution in [0.15, 0.2) is 88.7 Å². The predicted octanol–water partition coefficient (Wildman–Crippen LogP) is 7.85. The first-order chi connectivity index (χ1) is 23.0. The largest absolute Gasteiger partial charge is 0.488 e. The molecule has 4 aromatic rings. The van der Waals surface area contributed by atoms with Gasteiger partial charge >= 0.3 is 6.18 Å². The van der Waals surface area contributed by atoms with Crippen molar-refractivity contribution in [1.29, 1.82) is 0 Å². The van der Waals surface area contributed by atoms with Gasteiger partial charge in [-0.05, 0) is 65.9 Å². The van der Waals surface area contributed by atoms with E-state index in [0.29, 0.717) is 17.3 Å². The summed E-state index contributed by atoms with van der Waals surface area (Å²) in [6.45, 7) is 0.987. The molecule has 1 spiro atoms. The van der Waals surface area contributed by atoms with Crippen LogP contribution in [-0.2, 0) is 41.1 Å². The lowest BCUT2D eigenvalue weighted by atomic mass is 9.78. The fourth-order valence-corrected chi connectivity index (χ4v) is 8.26. The Morgan fingerprint density at radius 3 is 2.23 bits per heavy atom. The van der Waals surface area contributed by atoms with Crippen LogP contribution in [-0.4, -0.2) is 25.9 Å². The Morgan fingerprint density at radius 1 is 0.854 bits per heavy atom. The lowest BCUT2D eigenvalue weighted by Crippen LogP contribution is -2.47. The van der Waals surface area contributed by atoms with Gasteiger partial charge in [-0.1, -0.05) is 81.0 Å². The van der Waals surface area contributed by atoms with Crippen LogP contribution in [0.4, 0.5) is 13.2 Å². The van der Waals surface area contributed by atoms with Gasteiger partial charge in [-0.25, -0.2) is 8.42 Å². The van der Waals surface area contributed by atoms with E-state index in [2.05, 4.69) is 15.6 Å². The van der Waals surface area contributed by atoms with Crippen LogP contribution in [0.3, 0.4) is 0 Å². The molecule has 1 fully saturated rings. The molecule has 7 nitrogen and oxygen atoms in total. The van der Waals surface area contributed by atoms with Crippen molar-refractivity contribution in [2.45, 2.75) is 92.4 Å². The Bertz CT molecular complexity index is 1830. The molecule has 0 bridgehead atoms. The number of alkyl halides is 3. The molecule has 1 aliphatic carbocycles. The Morgan fingerprint density at radius 2 is 1.54 bits per heavy atom. The molecular weight excluding hydrogens is 639 g/mol. The van der Waals surface area contributed by atoms with Crippen LogP contribution >= 0.6 is 0 Å². The number of aromatic amines is 1. The van der Waals surface area contributed by atoms with Crippen LogP contribution < -0.4 is 15.4 Å². The number of halogens is 3. The third kappa shape index (κ3) is 7.47. The maximum atomic E-state index is 13.7. The molecule has 3 aromatic carbocycles. The molecule has 1 aromatic heterocycles. The molecule has 11 heteroatoms. The van der Waals surface area contributed by atoms with E-state index in [1.54, 1.807) is 36.4 Å². The van der Waals surface area contributed by atoms with Gasteiger partial charge in [0, 0.05) is 30.7 Å². The van der Waals surface area contributed by atoms with E-state index in [1.807, 2.05) is 12.1 Å². The molecule has 0 saturated heterocycles. The van der Waals surface area contributed by atoms with Gasteiger partial charge in [0.25, 0.3) is 5.91 Å². The number of fused-ring (bicyclic) bond motifs is 2. The number of hydrogen-bond acceptors (Lipinski definition) is 5. The molecular formula is C37H40F3N3O4S. The minimum absolute atomic E-state index is 0.0192. The van der Waals surface area contributed by atoms with E-state index in [1.165, 1.54) is 43.4 Å². The van der Waals surface area contributed by atoms with Crippen molar-refractivity contribution in [3.05, 3.63) is 113 Å². The number of ether oxygens (including phenoxy) is 1. The number of rotatable bonds is 8. The van der Waals surface area contributed by atoms with E-state index >= 15 is 0 Å². The third-order valence-corrected chi connectivity index (χ3v) is 11.2. The fraction of sp³-hybridized carbons (Fsp3) is 0.378. The highest BCUT2D eigenvalue weighted by atomic mass is 32.2. The van der Waals surface area contributed by atoms with Gasteiger partial charge in [0.2, 0.25) is 9.84 Å². The summed E-state index contributed by atoms with van der Waals surface area (Å²) in [4.78, 5) is 15.8. The molecule has 254 valence electrons. The average Bonchev–Trinajstić information content (AvgIpc) is 3.57. The Labute approximate surface area is 279 Å². The van der Waals surface area contributed by atoms with Crippen LogP contribution in [0.5, 0.6) is 5.75 Å². The maximum Gasteiger partial charge on any atom is 0.416 e. The summed E-state index contributed by atoms with van der Waals surface area (Å²) >= 11 is 0. The monoisotopic (exact) mass is 679 g/mol. The smallest absolute Gasteiger partial charge is 0.416 e. The second kappa shape index (κ2) is 14.2. The second-order valence-electron chi connectivity index (χ2n) is 12.7. The van der Waals surface area contributed by atoms with Crippen molar-refractivity contribution in [2.24, 2.45) is 0 Å². The SMILES string of the molecule is O=C(NCc1ccc(S(=O)(=O)c2cc(C(F)(F)F)ccc2OCc2ccccc2)cc1)c1cc2c([nH]1)CCNC21CCCCCCCC1. The number of hydrogen-bond donors (Lipinski definition) is 3. The highest BCUT2D eigenvalue weighted by molar-refractivity contribution is 7.91. The first-order valence-electron chi connectivity index (χ1n) is 16.5. The van der Waals surface area contributed by atoms with Crippen molar-refractivity contribution in [3.63, 3.8) is 0 Å². The van der Waals surface area contributed by atoms with E-state index in [9.17, 15) is 26.4 Å². The highest BCUT2D eigenvalue weighted by Crippen LogP contribution is 2.40. The zero-order chi connectivity index (χ0) is 33.8. The first-order valence-corrected chi connectivity index (χ1v) is 18.0. The topological polar surface area (TPSA) is 100 Å². The van der Waals surface area contributed by atoms with Crippen LogP contribution in [0, 0.1) is 0 Å². The average molecular weight is 680 g/mol. The highest BCUT2D eigenvalue weighted by Gasteiger charge is 2.38. The minimum atomic E-state index is -4.74. The molecule has 2 heterocycles. The Balaban J connectivity index is 1.16. The van der Waals surface area contributed by atoms with Gasteiger partial charge in [0.05, 0.1) is 10.5 Å². The number of amides is 1. The molecule has 1 amide bonds. The summed E-state index contributed by atoms with van der Waals surface area (Å²) < 4.78 is 73.8. The van der Waals surface area contributed by atoms with Gasteiger partial charge in [0.15, 0.2) is 0 Å². The van der Waals surface area contributed by atoms with Gasteiger partial charge < -0.3 is 20.4 Å². The van der Waals surface area contributed by atoms with Gasteiger partial charge in [0.1, 0.15) is 22.9 Å². The number of aromatic nitrogens is 1. The molecule has 48 heavy (non-hydrogen) atoms. The number of H-pyrrole nitrogens is 1. The molecule has 1 aliphatic heterocycles. The lowest BCUT2D eigenvalue weighted by molar-refractivity contribution is -0.137. The van der Waals surface area contributed by atoms with Crippen LogP contribution in [0.25, 0.3) is 0 Å². The van der Waals surface area contributed by atoms with Crippen molar-refractivity contribution in [3.8, 4) is 5.75 Å². The predicted molar refractivity (Wildman–Crippen MR) is 176 cm³/mol. The summed E-state index contributed by atoms with van der Waals surface area (Å²) in [7, 11) is -4.39. The van der Waals surface area contributed by atoms with E-state index in [-0.39, 0.29) is 35.2 Å². The maximum absolute atomic E-state index is 13.7. The summed E-state index contributed by atoms with van der Waals surface area (Å²) in [5.41, 5.74) is 2.96. The van der Waals surface area contributed by atoms with Crippen molar-refractivity contribution < 1.29 is 31.1 Å². The van der Waals surface area contributed by atoms with E-state index in [4.69, 9.17) is 4.74 Å². The van der Waals surface area contributed by atoms with Gasteiger partial charge in [-0.15, -0.1) is 0 Å². The Hall–Kier alpha value is -4.09. The quantitative estimate of drug-likeness (QED) is 0.176. The van der Waals surface area contributed by atoms with E-state index in [0.717, 1.165) is 62.0 Å². The summed E-state index contributed by atoms with van der Waals surface area (Å²) in [5, 5.41) is 6.71. The van der Waals surface area contributed by atoms with Gasteiger partial charge in [-0.2, -0.15) is 13.2 Å². The normalized spacial score (nSPS) is 16.7. The second-order valence-corrected chi connectivity index (χ2v) is 14.6. The molecule has 0 atom stereocenters. The summed E-state index contributed by atoms with van der Waals surface area (Å²) in [6.07, 6.45) is 5.48. The minimum Gasteiger partial charge on any atom is -0.488 e. The molecule has 2 aliphatic rings.